The number of aromatic nitrogens is 3. The van der Waals surface area contributed by atoms with Crippen LogP contribution < -0.4 is 5.63 Å². The fourth-order valence-corrected chi connectivity index (χ4v) is 4.44. The summed E-state index contributed by atoms with van der Waals surface area (Å²) in [4.78, 5) is 12.6. The third kappa shape index (κ3) is 3.63. The first-order valence-electron chi connectivity index (χ1n) is 8.70. The van der Waals surface area contributed by atoms with Gasteiger partial charge in [-0.3, -0.25) is 0 Å². The number of benzene rings is 2. The number of halogens is 2. The highest BCUT2D eigenvalue weighted by Gasteiger charge is 2.22. The van der Waals surface area contributed by atoms with Crippen LogP contribution in [0.2, 0.25) is 5.02 Å². The second-order valence-corrected chi connectivity index (χ2v) is 8.77. The van der Waals surface area contributed by atoms with E-state index in [9.17, 15) is 4.79 Å². The molecule has 9 heteroatoms. The number of fused-ring (bicyclic) bond motifs is 2. The van der Waals surface area contributed by atoms with Gasteiger partial charge in [0.05, 0.1) is 11.3 Å². The molecular weight excluding hydrogens is 476 g/mol. The molecule has 0 N–H and O–H groups in total. The molecule has 0 unspecified atom stereocenters. The Bertz CT molecular complexity index is 1330. The number of nitrogens with zero attached hydrogens (tertiary/aromatic N) is 4. The van der Waals surface area contributed by atoms with Gasteiger partial charge < -0.3 is 4.42 Å². The van der Waals surface area contributed by atoms with Gasteiger partial charge in [0.1, 0.15) is 5.58 Å². The van der Waals surface area contributed by atoms with Gasteiger partial charge in [-0.25, -0.2) is 4.79 Å². The van der Waals surface area contributed by atoms with Crippen molar-refractivity contribution in [3.05, 3.63) is 85.4 Å². The summed E-state index contributed by atoms with van der Waals surface area (Å²) in [5.41, 5.74) is 2.26. The van der Waals surface area contributed by atoms with Crippen LogP contribution in [0.5, 0.6) is 0 Å². The van der Waals surface area contributed by atoms with Crippen LogP contribution in [-0.4, -0.2) is 26.3 Å². The van der Waals surface area contributed by atoms with Crippen LogP contribution >= 0.6 is 39.3 Å². The first kappa shape index (κ1) is 18.6. The van der Waals surface area contributed by atoms with E-state index >= 15 is 0 Å². The van der Waals surface area contributed by atoms with Crippen molar-refractivity contribution in [2.45, 2.75) is 11.6 Å². The van der Waals surface area contributed by atoms with Crippen molar-refractivity contribution >= 4 is 56.0 Å². The summed E-state index contributed by atoms with van der Waals surface area (Å²) in [6.07, 6.45) is 0.556. The average Bonchev–Trinajstić information content (AvgIpc) is 3.11. The van der Waals surface area contributed by atoms with E-state index in [-0.39, 0.29) is 0 Å². The highest BCUT2D eigenvalue weighted by atomic mass is 79.9. The van der Waals surface area contributed by atoms with Crippen LogP contribution in [0.3, 0.4) is 0 Å². The molecule has 29 heavy (non-hydrogen) atoms. The number of thioether (sulfide) groups is 1. The summed E-state index contributed by atoms with van der Waals surface area (Å²) in [5.74, 6) is 1.21. The van der Waals surface area contributed by atoms with E-state index in [1.807, 2.05) is 42.5 Å². The maximum Gasteiger partial charge on any atom is 0.345 e. The Morgan fingerprint density at radius 3 is 2.79 bits per heavy atom. The first-order valence-corrected chi connectivity index (χ1v) is 10.9. The molecule has 6 nitrogen and oxygen atoms in total. The molecule has 0 amide bonds. The lowest BCUT2D eigenvalue weighted by molar-refractivity contribution is 0.559. The second-order valence-electron chi connectivity index (χ2n) is 6.48. The van der Waals surface area contributed by atoms with Gasteiger partial charge in [0.25, 0.3) is 0 Å². The minimum Gasteiger partial charge on any atom is -0.422 e. The van der Waals surface area contributed by atoms with Gasteiger partial charge in [0, 0.05) is 27.1 Å². The normalized spacial score (nSPS) is 13.4. The maximum absolute atomic E-state index is 12.6. The highest BCUT2D eigenvalue weighted by Crippen LogP contribution is 2.26. The predicted molar refractivity (Wildman–Crippen MR) is 117 cm³/mol. The Labute approximate surface area is 182 Å². The van der Waals surface area contributed by atoms with Crippen LogP contribution in [0, 0.1) is 0 Å². The molecule has 0 radical (unpaired) electrons. The molecule has 2 aromatic carbocycles. The van der Waals surface area contributed by atoms with E-state index in [0.29, 0.717) is 45.0 Å². The van der Waals surface area contributed by atoms with Gasteiger partial charge in [-0.15, -0.1) is 10.2 Å². The van der Waals surface area contributed by atoms with Gasteiger partial charge in [-0.1, -0.05) is 51.4 Å². The smallest absolute Gasteiger partial charge is 0.345 e. The molecule has 4 aromatic rings. The van der Waals surface area contributed by atoms with Crippen LogP contribution in [0.25, 0.3) is 11.0 Å². The van der Waals surface area contributed by atoms with Crippen molar-refractivity contribution in [2.24, 2.45) is 5.10 Å². The van der Waals surface area contributed by atoms with Crippen molar-refractivity contribution in [3.8, 4) is 0 Å². The van der Waals surface area contributed by atoms with Crippen LogP contribution in [0.4, 0.5) is 0 Å². The average molecular weight is 488 g/mol. The number of hydrogen-bond acceptors (Lipinski definition) is 6. The van der Waals surface area contributed by atoms with E-state index in [1.54, 1.807) is 10.7 Å². The Morgan fingerprint density at radius 1 is 1.14 bits per heavy atom. The van der Waals surface area contributed by atoms with Gasteiger partial charge in [0.2, 0.25) is 5.16 Å². The zero-order valence-electron chi connectivity index (χ0n) is 14.8. The molecular formula is C20H12BrClN4O2S. The standard InChI is InChI=1S/C20H12BrClN4O2S/c21-13-3-6-17-12(8-13)9-15(19(27)28-17)16-10-29-20-24-23-18(26(20)25-16)7-11-1-4-14(22)5-2-11/h1-6,8-9H,7,10H2. The lowest BCUT2D eigenvalue weighted by atomic mass is 10.1. The first-order chi connectivity index (χ1) is 14.1. The molecule has 0 aliphatic carbocycles. The molecule has 144 valence electrons. The van der Waals surface area contributed by atoms with Crippen molar-refractivity contribution < 1.29 is 4.42 Å². The molecule has 0 bridgehead atoms. The second kappa shape index (κ2) is 7.44. The Kier molecular flexibility index (Phi) is 4.77. The molecule has 1 aliphatic heterocycles. The van der Waals surface area contributed by atoms with Gasteiger partial charge in [-0.2, -0.15) is 9.78 Å². The number of rotatable bonds is 3. The summed E-state index contributed by atoms with van der Waals surface area (Å²) >= 11 is 10.9. The lowest BCUT2D eigenvalue weighted by Gasteiger charge is -2.13. The predicted octanol–water partition coefficient (Wildman–Crippen LogP) is 4.75. The van der Waals surface area contributed by atoms with E-state index < -0.39 is 5.63 Å². The van der Waals surface area contributed by atoms with E-state index in [4.69, 9.17) is 16.0 Å². The molecule has 0 saturated carbocycles. The minimum atomic E-state index is -0.407. The van der Waals surface area contributed by atoms with Gasteiger partial charge in [0.15, 0.2) is 5.82 Å². The largest absolute Gasteiger partial charge is 0.422 e. The minimum absolute atomic E-state index is 0.407. The fourth-order valence-electron chi connectivity index (χ4n) is 3.09. The molecule has 5 rings (SSSR count). The Balaban J connectivity index is 1.55. The lowest BCUT2D eigenvalue weighted by Crippen LogP contribution is -2.21. The van der Waals surface area contributed by atoms with E-state index in [2.05, 4.69) is 31.2 Å². The van der Waals surface area contributed by atoms with E-state index in [0.717, 1.165) is 15.4 Å². The third-order valence-corrected chi connectivity index (χ3v) is 6.19. The quantitative estimate of drug-likeness (QED) is 0.390. The summed E-state index contributed by atoms with van der Waals surface area (Å²) in [5, 5.41) is 15.4. The van der Waals surface area contributed by atoms with Crippen LogP contribution in [0.1, 0.15) is 17.0 Å². The Morgan fingerprint density at radius 2 is 1.97 bits per heavy atom. The van der Waals surface area contributed by atoms with E-state index in [1.165, 1.54) is 11.8 Å². The molecule has 0 fully saturated rings. The van der Waals surface area contributed by atoms with Crippen molar-refractivity contribution in [1.29, 1.82) is 0 Å². The summed E-state index contributed by atoms with van der Waals surface area (Å²) in [6, 6.07) is 14.9. The van der Waals surface area contributed by atoms with Crippen molar-refractivity contribution in [3.63, 3.8) is 0 Å². The number of hydrogen-bond donors (Lipinski definition) is 0. The van der Waals surface area contributed by atoms with Gasteiger partial charge in [-0.05, 0) is 42.0 Å². The Hall–Kier alpha value is -2.42. The van der Waals surface area contributed by atoms with Crippen LogP contribution in [0.15, 0.2) is 72.5 Å². The molecule has 0 saturated heterocycles. The SMILES string of the molecule is O=c1oc2ccc(Br)cc2cc1C1=Nn2c(Cc3ccc(Cl)cc3)nnc2SC1. The maximum atomic E-state index is 12.6. The van der Waals surface area contributed by atoms with Gasteiger partial charge >= 0.3 is 5.63 Å². The van der Waals surface area contributed by atoms with Crippen molar-refractivity contribution in [2.75, 3.05) is 5.75 Å². The topological polar surface area (TPSA) is 73.3 Å². The monoisotopic (exact) mass is 486 g/mol. The molecule has 0 atom stereocenters. The molecule has 1 aliphatic rings. The zero-order chi connectivity index (χ0) is 20.0. The molecule has 0 spiro atoms. The third-order valence-electron chi connectivity index (χ3n) is 4.52. The zero-order valence-corrected chi connectivity index (χ0v) is 18.0. The summed E-state index contributed by atoms with van der Waals surface area (Å²) in [7, 11) is 0. The summed E-state index contributed by atoms with van der Waals surface area (Å²) < 4.78 is 8.10. The highest BCUT2D eigenvalue weighted by molar-refractivity contribution is 9.10. The molecule has 3 heterocycles. The van der Waals surface area contributed by atoms with Crippen molar-refractivity contribution in [1.82, 2.24) is 14.9 Å². The summed E-state index contributed by atoms with van der Waals surface area (Å²) in [6.45, 7) is 0. The fraction of sp³-hybridized carbons (Fsp3) is 0.100. The molecule has 2 aromatic heterocycles. The van der Waals surface area contributed by atoms with Crippen LogP contribution in [-0.2, 0) is 6.42 Å².